The Morgan fingerprint density at radius 3 is 1.71 bits per heavy atom. The summed E-state index contributed by atoms with van der Waals surface area (Å²) < 4.78 is 0. The minimum atomic E-state index is 0.617. The van der Waals surface area contributed by atoms with Crippen LogP contribution in [0.25, 0.3) is 77.3 Å². The minimum Gasteiger partial charge on any atom is -0.265 e. The fourth-order valence-electron chi connectivity index (χ4n) is 5.89. The molecule has 0 amide bonds. The van der Waals surface area contributed by atoms with Crippen molar-refractivity contribution in [1.29, 1.82) is 5.26 Å². The summed E-state index contributed by atoms with van der Waals surface area (Å²) in [6, 6.07) is 43.8. The molecule has 0 N–H and O–H groups in total. The summed E-state index contributed by atoms with van der Waals surface area (Å²) in [7, 11) is 0. The van der Waals surface area contributed by atoms with Crippen LogP contribution in [-0.2, 0) is 0 Å². The summed E-state index contributed by atoms with van der Waals surface area (Å²) in [4.78, 5) is 14.4. The molecule has 4 heteroatoms. The van der Waals surface area contributed by atoms with E-state index in [4.69, 9.17) is 9.97 Å². The summed E-state index contributed by atoms with van der Waals surface area (Å²) >= 11 is 0. The lowest BCUT2D eigenvalue weighted by molar-refractivity contribution is 1.19. The molecular formula is C38H22N4. The summed E-state index contributed by atoms with van der Waals surface area (Å²) in [5.74, 6) is 0.669. The van der Waals surface area contributed by atoms with Crippen molar-refractivity contribution < 1.29 is 0 Å². The first-order valence-electron chi connectivity index (χ1n) is 13.8. The Bertz CT molecular complexity index is 2270. The molecule has 194 valence electrons. The molecule has 8 rings (SSSR count). The van der Waals surface area contributed by atoms with Crippen LogP contribution in [0.15, 0.2) is 134 Å². The maximum Gasteiger partial charge on any atom is 0.161 e. The molecule has 0 spiro atoms. The van der Waals surface area contributed by atoms with Crippen molar-refractivity contribution in [2.24, 2.45) is 0 Å². The number of nitriles is 1. The van der Waals surface area contributed by atoms with Crippen LogP contribution in [-0.4, -0.2) is 15.0 Å². The lowest BCUT2D eigenvalue weighted by Gasteiger charge is -2.15. The highest BCUT2D eigenvalue weighted by molar-refractivity contribution is 6.25. The smallest absolute Gasteiger partial charge is 0.161 e. The van der Waals surface area contributed by atoms with E-state index >= 15 is 0 Å². The Morgan fingerprint density at radius 1 is 0.500 bits per heavy atom. The van der Waals surface area contributed by atoms with Crippen molar-refractivity contribution >= 4 is 32.3 Å². The Kier molecular flexibility index (Phi) is 5.48. The zero-order chi connectivity index (χ0) is 28.0. The molecule has 0 aliphatic carbocycles. The van der Waals surface area contributed by atoms with Gasteiger partial charge in [0.15, 0.2) is 5.82 Å². The number of pyridine rings is 1. The highest BCUT2D eigenvalue weighted by atomic mass is 14.9. The first-order valence-corrected chi connectivity index (χ1v) is 13.8. The molecule has 0 aliphatic heterocycles. The number of hydrogen-bond acceptors (Lipinski definition) is 4. The van der Waals surface area contributed by atoms with E-state index in [-0.39, 0.29) is 0 Å². The minimum absolute atomic E-state index is 0.617. The normalized spacial score (nSPS) is 11.3. The van der Waals surface area contributed by atoms with E-state index in [1.54, 1.807) is 12.4 Å². The van der Waals surface area contributed by atoms with Gasteiger partial charge in [0.1, 0.15) is 0 Å². The Labute approximate surface area is 242 Å². The number of rotatable bonds is 4. The zero-order valence-corrected chi connectivity index (χ0v) is 22.5. The van der Waals surface area contributed by atoms with E-state index in [0.29, 0.717) is 11.4 Å². The largest absolute Gasteiger partial charge is 0.265 e. The number of aromatic nitrogens is 3. The van der Waals surface area contributed by atoms with E-state index in [9.17, 15) is 5.26 Å². The second-order valence-electron chi connectivity index (χ2n) is 10.4. The highest BCUT2D eigenvalue weighted by Gasteiger charge is 2.16. The molecule has 8 aromatic rings. The Morgan fingerprint density at radius 2 is 1.05 bits per heavy atom. The van der Waals surface area contributed by atoms with E-state index in [1.165, 1.54) is 26.9 Å². The predicted molar refractivity (Wildman–Crippen MR) is 170 cm³/mol. The van der Waals surface area contributed by atoms with Gasteiger partial charge in [-0.3, -0.25) is 4.98 Å². The molecule has 6 aromatic carbocycles. The van der Waals surface area contributed by atoms with Crippen molar-refractivity contribution in [1.82, 2.24) is 15.0 Å². The molecule has 2 heterocycles. The summed E-state index contributed by atoms with van der Waals surface area (Å²) in [6.07, 6.45) is 3.61. The second kappa shape index (κ2) is 9.62. The van der Waals surface area contributed by atoms with E-state index < -0.39 is 0 Å². The van der Waals surface area contributed by atoms with Crippen LogP contribution in [0.4, 0.5) is 0 Å². The lowest BCUT2D eigenvalue weighted by atomic mass is 9.91. The van der Waals surface area contributed by atoms with Crippen molar-refractivity contribution in [3.05, 3.63) is 139 Å². The molecule has 0 atom stereocenters. The van der Waals surface area contributed by atoms with Gasteiger partial charge in [0.2, 0.25) is 0 Å². The molecule has 0 saturated carbocycles. The van der Waals surface area contributed by atoms with Gasteiger partial charge in [-0.15, -0.1) is 0 Å². The van der Waals surface area contributed by atoms with Gasteiger partial charge >= 0.3 is 0 Å². The van der Waals surface area contributed by atoms with Gasteiger partial charge < -0.3 is 0 Å². The van der Waals surface area contributed by atoms with Crippen molar-refractivity contribution in [3.63, 3.8) is 0 Å². The molecule has 0 radical (unpaired) electrons. The Balaban J connectivity index is 1.34. The van der Waals surface area contributed by atoms with Gasteiger partial charge in [0.05, 0.1) is 23.0 Å². The van der Waals surface area contributed by atoms with Gasteiger partial charge in [-0.25, -0.2) is 9.97 Å². The molecule has 0 bridgehead atoms. The highest BCUT2D eigenvalue weighted by Crippen LogP contribution is 2.39. The van der Waals surface area contributed by atoms with Crippen molar-refractivity contribution in [3.8, 4) is 51.1 Å². The molecule has 0 fully saturated rings. The van der Waals surface area contributed by atoms with Crippen LogP contribution in [0.1, 0.15) is 5.56 Å². The third-order valence-corrected chi connectivity index (χ3v) is 8.00. The number of hydrogen-bond donors (Lipinski definition) is 0. The van der Waals surface area contributed by atoms with Crippen LogP contribution in [0, 0.1) is 11.3 Å². The van der Waals surface area contributed by atoms with Crippen LogP contribution < -0.4 is 0 Å². The molecule has 4 nitrogen and oxygen atoms in total. The third kappa shape index (κ3) is 3.96. The van der Waals surface area contributed by atoms with Crippen molar-refractivity contribution in [2.75, 3.05) is 0 Å². The van der Waals surface area contributed by atoms with Gasteiger partial charge in [0, 0.05) is 29.1 Å². The molecule has 2 aromatic heterocycles. The fourth-order valence-corrected chi connectivity index (χ4v) is 5.89. The van der Waals surface area contributed by atoms with Gasteiger partial charge in [0.25, 0.3) is 0 Å². The molecule has 42 heavy (non-hydrogen) atoms. The van der Waals surface area contributed by atoms with Gasteiger partial charge in [-0.1, -0.05) is 84.9 Å². The van der Waals surface area contributed by atoms with E-state index in [1.807, 2.05) is 42.5 Å². The number of benzene rings is 6. The van der Waals surface area contributed by atoms with Crippen molar-refractivity contribution in [2.45, 2.75) is 0 Å². The summed E-state index contributed by atoms with van der Waals surface area (Å²) in [5, 5.41) is 16.6. The standard InChI is InChI=1S/C38H22N4/c39-23-24-4-6-27(7-5-24)34-22-35(28-10-8-25(9-11-28)26-18-20-40-21-19-26)42-38(41-34)33-17-15-31-13-12-29-2-1-3-30-14-16-32(33)37(31)36(29)30/h1-22H. The number of nitrogens with zero attached hydrogens (tertiary/aromatic N) is 4. The average molecular weight is 535 g/mol. The van der Waals surface area contributed by atoms with E-state index in [2.05, 4.69) is 89.9 Å². The summed E-state index contributed by atoms with van der Waals surface area (Å²) in [5.41, 5.74) is 7.43. The van der Waals surface area contributed by atoms with Crippen LogP contribution in [0.3, 0.4) is 0 Å². The van der Waals surface area contributed by atoms with E-state index in [0.717, 1.165) is 44.6 Å². The predicted octanol–water partition coefficient (Wildman–Crippen LogP) is 9.31. The van der Waals surface area contributed by atoms with Crippen LogP contribution in [0.5, 0.6) is 0 Å². The quantitative estimate of drug-likeness (QED) is 0.211. The van der Waals surface area contributed by atoms with Crippen LogP contribution in [0.2, 0.25) is 0 Å². The monoisotopic (exact) mass is 534 g/mol. The van der Waals surface area contributed by atoms with Crippen LogP contribution >= 0.6 is 0 Å². The second-order valence-corrected chi connectivity index (χ2v) is 10.4. The first-order chi connectivity index (χ1) is 20.7. The summed E-state index contributed by atoms with van der Waals surface area (Å²) in [6.45, 7) is 0. The maximum absolute atomic E-state index is 9.33. The SMILES string of the molecule is N#Cc1ccc(-c2cc(-c3ccc(-c4ccncc4)cc3)nc(-c3ccc4ccc5cccc6ccc3c4c56)n2)cc1. The molecular weight excluding hydrogens is 512 g/mol. The fraction of sp³-hybridized carbons (Fsp3) is 0. The first kappa shape index (κ1) is 23.9. The zero-order valence-electron chi connectivity index (χ0n) is 22.5. The topological polar surface area (TPSA) is 62.5 Å². The molecule has 0 saturated heterocycles. The van der Waals surface area contributed by atoms with Gasteiger partial charge in [-0.2, -0.15) is 5.26 Å². The Hall–Kier alpha value is -5.92. The average Bonchev–Trinajstić information content (AvgIpc) is 3.07. The van der Waals surface area contributed by atoms with Gasteiger partial charge in [-0.05, 0) is 79.8 Å². The third-order valence-electron chi connectivity index (χ3n) is 8.00. The maximum atomic E-state index is 9.33. The molecule has 0 aliphatic rings. The lowest BCUT2D eigenvalue weighted by Crippen LogP contribution is -1.97. The molecule has 0 unspecified atom stereocenters.